The van der Waals surface area contributed by atoms with Gasteiger partial charge in [0.2, 0.25) is 0 Å². The van der Waals surface area contributed by atoms with E-state index in [0.29, 0.717) is 19.3 Å². The van der Waals surface area contributed by atoms with Crippen LogP contribution in [0, 0.1) is 0 Å². The maximum atomic E-state index is 12.9. The summed E-state index contributed by atoms with van der Waals surface area (Å²) in [5, 5.41) is 0. The minimum atomic E-state index is -0.796. The molecule has 0 radical (unpaired) electrons. The lowest BCUT2D eigenvalue weighted by atomic mass is 10.0. The molecule has 0 aromatic heterocycles. The van der Waals surface area contributed by atoms with Crippen LogP contribution in [0.1, 0.15) is 355 Å². The van der Waals surface area contributed by atoms with Crippen LogP contribution in [0.25, 0.3) is 0 Å². The first-order chi connectivity index (χ1) is 41.0. The van der Waals surface area contributed by atoms with E-state index in [1.54, 1.807) is 0 Å². The second kappa shape index (κ2) is 70.8. The van der Waals surface area contributed by atoms with Crippen molar-refractivity contribution in [3.05, 3.63) is 97.2 Å². The number of carbonyl (C=O) groups excluding carboxylic acids is 3. The minimum Gasteiger partial charge on any atom is -0.462 e. The highest BCUT2D eigenvalue weighted by atomic mass is 16.6. The zero-order valence-corrected chi connectivity index (χ0v) is 54.9. The summed E-state index contributed by atoms with van der Waals surface area (Å²) in [5.74, 6) is -0.903. The first-order valence-corrected chi connectivity index (χ1v) is 35.7. The second-order valence-corrected chi connectivity index (χ2v) is 23.8. The van der Waals surface area contributed by atoms with Crippen molar-refractivity contribution in [2.75, 3.05) is 13.2 Å². The van der Waals surface area contributed by atoms with E-state index in [0.717, 1.165) is 109 Å². The number of hydrogen-bond donors (Lipinski definition) is 0. The van der Waals surface area contributed by atoms with Crippen LogP contribution in [0.5, 0.6) is 0 Å². The van der Waals surface area contributed by atoms with Crippen LogP contribution < -0.4 is 0 Å². The zero-order chi connectivity index (χ0) is 59.9. The standard InChI is InChI=1S/C77H134O6/c1-4-7-10-13-16-19-22-25-28-31-33-34-35-36-37-38-39-40-41-42-44-46-49-52-55-58-61-64-67-70-76(79)82-73-74(72-81-75(78)69-66-63-60-57-54-51-48-45-30-27-24-21-18-15-12-9-6-3)83-77(80)71-68-65-62-59-56-53-50-47-43-32-29-26-23-20-17-14-11-8-5-2/h8,11,17,20,22,25-26,29,31,33,35-36,43,47,53,56,74H,4-7,9-10,12-16,18-19,21,23-24,27-28,30,32,34,37-42,44-46,48-52,54-55,57-73H2,1-3H3/b11-8-,20-17-,25-22-,29-26-,33-31-,36-35-,47-43-,56-53-. The lowest BCUT2D eigenvalue weighted by Crippen LogP contribution is -2.30. The van der Waals surface area contributed by atoms with Crippen molar-refractivity contribution in [3.8, 4) is 0 Å². The molecule has 83 heavy (non-hydrogen) atoms. The second-order valence-electron chi connectivity index (χ2n) is 23.8. The minimum absolute atomic E-state index is 0.0876. The van der Waals surface area contributed by atoms with Gasteiger partial charge in [-0.3, -0.25) is 14.4 Å². The van der Waals surface area contributed by atoms with E-state index < -0.39 is 6.10 Å². The van der Waals surface area contributed by atoms with Crippen molar-refractivity contribution in [1.82, 2.24) is 0 Å². The molecule has 0 aliphatic rings. The largest absolute Gasteiger partial charge is 0.462 e. The first-order valence-electron chi connectivity index (χ1n) is 35.7. The fraction of sp³-hybridized carbons (Fsp3) is 0.753. The molecule has 0 aromatic rings. The fourth-order valence-corrected chi connectivity index (χ4v) is 10.2. The van der Waals surface area contributed by atoms with Crippen molar-refractivity contribution < 1.29 is 28.6 Å². The van der Waals surface area contributed by atoms with Crippen LogP contribution in [0.3, 0.4) is 0 Å². The van der Waals surface area contributed by atoms with Crippen molar-refractivity contribution in [2.24, 2.45) is 0 Å². The van der Waals surface area contributed by atoms with Crippen LogP contribution in [0.4, 0.5) is 0 Å². The normalized spacial score (nSPS) is 12.7. The van der Waals surface area contributed by atoms with E-state index in [1.165, 1.54) is 205 Å². The zero-order valence-electron chi connectivity index (χ0n) is 54.9. The summed E-state index contributed by atoms with van der Waals surface area (Å²) >= 11 is 0. The molecule has 0 bridgehead atoms. The molecule has 0 amide bonds. The Balaban J connectivity index is 4.33. The number of esters is 3. The van der Waals surface area contributed by atoms with Crippen LogP contribution in [0.15, 0.2) is 97.2 Å². The number of unbranched alkanes of at least 4 members (excludes halogenated alkanes) is 38. The van der Waals surface area contributed by atoms with Crippen molar-refractivity contribution in [1.29, 1.82) is 0 Å². The van der Waals surface area contributed by atoms with Crippen LogP contribution >= 0.6 is 0 Å². The lowest BCUT2D eigenvalue weighted by Gasteiger charge is -2.18. The SMILES string of the molecule is CC/C=C\C/C=C\C/C=C\C/C=C\C/C=C\CCCCCC(=O)OC(COC(=O)CCCCCCCCCCCCCCCC/C=C\C/C=C\C/C=C\CCCCCCC)COC(=O)CCCCCCCCCCCCCCCCCCC. The van der Waals surface area contributed by atoms with Gasteiger partial charge in [0.1, 0.15) is 13.2 Å². The van der Waals surface area contributed by atoms with E-state index in [2.05, 4.69) is 118 Å². The Kier molecular flexibility index (Phi) is 67.7. The molecule has 0 saturated carbocycles. The molecule has 0 aliphatic heterocycles. The monoisotopic (exact) mass is 1160 g/mol. The molecule has 6 heteroatoms. The van der Waals surface area contributed by atoms with Gasteiger partial charge in [0.25, 0.3) is 0 Å². The molecule has 0 N–H and O–H groups in total. The van der Waals surface area contributed by atoms with Gasteiger partial charge in [-0.05, 0) is 103 Å². The molecule has 0 aliphatic carbocycles. The van der Waals surface area contributed by atoms with Crippen molar-refractivity contribution in [3.63, 3.8) is 0 Å². The van der Waals surface area contributed by atoms with Gasteiger partial charge in [0.15, 0.2) is 6.10 Å². The van der Waals surface area contributed by atoms with Crippen LogP contribution in [-0.2, 0) is 28.6 Å². The smallest absolute Gasteiger partial charge is 0.306 e. The Morgan fingerprint density at radius 3 is 0.747 bits per heavy atom. The fourth-order valence-electron chi connectivity index (χ4n) is 10.2. The van der Waals surface area contributed by atoms with E-state index in [9.17, 15) is 14.4 Å². The third-order valence-electron chi connectivity index (χ3n) is 15.6. The summed E-state index contributed by atoms with van der Waals surface area (Å²) < 4.78 is 17.0. The number of allylic oxidation sites excluding steroid dienone is 16. The van der Waals surface area contributed by atoms with Gasteiger partial charge >= 0.3 is 17.9 Å². The summed E-state index contributed by atoms with van der Waals surface area (Å²) in [6, 6.07) is 0. The van der Waals surface area contributed by atoms with E-state index in [-0.39, 0.29) is 31.1 Å². The average molecular weight is 1160 g/mol. The van der Waals surface area contributed by atoms with E-state index >= 15 is 0 Å². The average Bonchev–Trinajstić information content (AvgIpc) is 3.50. The van der Waals surface area contributed by atoms with Gasteiger partial charge in [-0.2, -0.15) is 0 Å². The van der Waals surface area contributed by atoms with Gasteiger partial charge in [-0.25, -0.2) is 0 Å². The van der Waals surface area contributed by atoms with E-state index in [4.69, 9.17) is 14.2 Å². The quantitative estimate of drug-likeness (QED) is 0.0261. The Morgan fingerprint density at radius 1 is 0.253 bits per heavy atom. The van der Waals surface area contributed by atoms with Crippen molar-refractivity contribution in [2.45, 2.75) is 361 Å². The molecule has 1 atom stereocenters. The highest BCUT2D eigenvalue weighted by Crippen LogP contribution is 2.17. The number of rotatable bonds is 65. The predicted octanol–water partition coefficient (Wildman–Crippen LogP) is 24.8. The van der Waals surface area contributed by atoms with Crippen molar-refractivity contribution >= 4 is 17.9 Å². The molecular weight excluding hydrogens is 1020 g/mol. The Labute approximate surface area is 515 Å². The summed E-state index contributed by atoms with van der Waals surface area (Å²) in [6.07, 6.45) is 95.8. The molecule has 1 unspecified atom stereocenters. The highest BCUT2D eigenvalue weighted by Gasteiger charge is 2.19. The van der Waals surface area contributed by atoms with Crippen LogP contribution in [-0.4, -0.2) is 37.2 Å². The molecule has 6 nitrogen and oxygen atoms in total. The summed E-state index contributed by atoms with van der Waals surface area (Å²) in [5.41, 5.74) is 0. The maximum Gasteiger partial charge on any atom is 0.306 e. The third-order valence-corrected chi connectivity index (χ3v) is 15.6. The first kappa shape index (κ1) is 79.3. The predicted molar refractivity (Wildman–Crippen MR) is 362 cm³/mol. The summed E-state index contributed by atoms with van der Waals surface area (Å²) in [6.45, 7) is 6.54. The molecule has 478 valence electrons. The van der Waals surface area contributed by atoms with Gasteiger partial charge in [-0.1, -0.05) is 330 Å². The topological polar surface area (TPSA) is 78.9 Å². The number of carbonyl (C=O) groups is 3. The van der Waals surface area contributed by atoms with Gasteiger partial charge in [0.05, 0.1) is 0 Å². The number of hydrogen-bond acceptors (Lipinski definition) is 6. The van der Waals surface area contributed by atoms with Gasteiger partial charge in [-0.15, -0.1) is 0 Å². The summed E-state index contributed by atoms with van der Waals surface area (Å²) in [4.78, 5) is 38.5. The highest BCUT2D eigenvalue weighted by molar-refractivity contribution is 5.71. The number of ether oxygens (including phenoxy) is 3. The molecular formula is C77H134O6. The Hall–Kier alpha value is -3.67. The molecule has 0 fully saturated rings. The Morgan fingerprint density at radius 2 is 0.470 bits per heavy atom. The molecule has 0 rings (SSSR count). The van der Waals surface area contributed by atoms with Gasteiger partial charge < -0.3 is 14.2 Å². The maximum absolute atomic E-state index is 12.9. The van der Waals surface area contributed by atoms with Crippen LogP contribution in [0.2, 0.25) is 0 Å². The van der Waals surface area contributed by atoms with E-state index in [1.807, 2.05) is 0 Å². The molecule has 0 heterocycles. The summed E-state index contributed by atoms with van der Waals surface area (Å²) in [7, 11) is 0. The molecule has 0 saturated heterocycles. The molecule has 0 spiro atoms. The van der Waals surface area contributed by atoms with Gasteiger partial charge in [0, 0.05) is 19.3 Å². The molecule has 0 aromatic carbocycles. The lowest BCUT2D eigenvalue weighted by molar-refractivity contribution is -0.167. The Bertz CT molecular complexity index is 1610. The third kappa shape index (κ3) is 69.0.